The van der Waals surface area contributed by atoms with Gasteiger partial charge < -0.3 is 9.47 Å². The van der Waals surface area contributed by atoms with Gasteiger partial charge in [0.1, 0.15) is 13.2 Å². The lowest BCUT2D eigenvalue weighted by atomic mass is 10.2. The van der Waals surface area contributed by atoms with Gasteiger partial charge in [-0.15, -0.1) is 10.2 Å². The third-order valence-corrected chi connectivity index (χ3v) is 3.89. The molecule has 4 nitrogen and oxygen atoms in total. The standard InChI is InChI=1S/C20H19ClN2O2/c1-14-3-7-16(8-4-14)12-24-18-11-19(21)22-23-20(18)25-13-17-9-5-15(2)6-10-17/h3-11H,12-13H2,1-2H3. The number of halogens is 1. The van der Waals surface area contributed by atoms with Gasteiger partial charge in [0.05, 0.1) is 0 Å². The maximum atomic E-state index is 5.94. The lowest BCUT2D eigenvalue weighted by Gasteiger charge is -2.12. The molecule has 0 bridgehead atoms. The van der Waals surface area contributed by atoms with Gasteiger partial charge in [-0.25, -0.2) is 0 Å². The Hall–Kier alpha value is -2.59. The molecular formula is C20H19ClN2O2. The van der Waals surface area contributed by atoms with Gasteiger partial charge in [0, 0.05) is 6.07 Å². The second-order valence-electron chi connectivity index (χ2n) is 5.89. The molecule has 0 amide bonds. The summed E-state index contributed by atoms with van der Waals surface area (Å²) in [6.07, 6.45) is 0. The van der Waals surface area contributed by atoms with Crippen LogP contribution in [-0.2, 0) is 13.2 Å². The molecule has 2 aromatic carbocycles. The van der Waals surface area contributed by atoms with Crippen molar-refractivity contribution in [3.63, 3.8) is 0 Å². The van der Waals surface area contributed by atoms with Crippen LogP contribution < -0.4 is 9.47 Å². The Morgan fingerprint density at radius 3 is 1.84 bits per heavy atom. The molecule has 25 heavy (non-hydrogen) atoms. The van der Waals surface area contributed by atoms with Gasteiger partial charge >= 0.3 is 0 Å². The van der Waals surface area contributed by atoms with E-state index in [4.69, 9.17) is 21.1 Å². The van der Waals surface area contributed by atoms with E-state index in [0.29, 0.717) is 24.8 Å². The van der Waals surface area contributed by atoms with E-state index >= 15 is 0 Å². The van der Waals surface area contributed by atoms with E-state index in [1.54, 1.807) is 6.07 Å². The molecule has 0 saturated carbocycles. The summed E-state index contributed by atoms with van der Waals surface area (Å²) in [5.74, 6) is 0.810. The van der Waals surface area contributed by atoms with Gasteiger partial charge in [-0.05, 0) is 25.0 Å². The number of aryl methyl sites for hydroxylation is 2. The summed E-state index contributed by atoms with van der Waals surface area (Å²) in [7, 11) is 0. The van der Waals surface area contributed by atoms with Crippen molar-refractivity contribution in [1.82, 2.24) is 10.2 Å². The average Bonchev–Trinajstić information content (AvgIpc) is 2.62. The maximum absolute atomic E-state index is 5.94. The van der Waals surface area contributed by atoms with Crippen LogP contribution in [0.1, 0.15) is 22.3 Å². The van der Waals surface area contributed by atoms with E-state index in [9.17, 15) is 0 Å². The van der Waals surface area contributed by atoms with E-state index in [0.717, 1.165) is 11.1 Å². The predicted molar refractivity (Wildman–Crippen MR) is 98.1 cm³/mol. The minimum atomic E-state index is 0.265. The average molecular weight is 355 g/mol. The molecule has 1 aromatic heterocycles. The van der Waals surface area contributed by atoms with Crippen LogP contribution in [0.5, 0.6) is 11.6 Å². The molecule has 0 unspecified atom stereocenters. The maximum Gasteiger partial charge on any atom is 0.276 e. The fourth-order valence-corrected chi connectivity index (χ4v) is 2.36. The molecule has 0 fully saturated rings. The SMILES string of the molecule is Cc1ccc(COc2cc(Cl)nnc2OCc2ccc(C)cc2)cc1. The first-order valence-electron chi connectivity index (χ1n) is 8.00. The Bertz CT molecular complexity index is 833. The number of ether oxygens (including phenoxy) is 2. The first-order chi connectivity index (χ1) is 12.1. The summed E-state index contributed by atoms with van der Waals surface area (Å²) < 4.78 is 11.6. The van der Waals surface area contributed by atoms with Crippen LogP contribution in [0.4, 0.5) is 0 Å². The van der Waals surface area contributed by atoms with E-state index in [1.165, 1.54) is 11.1 Å². The predicted octanol–water partition coefficient (Wildman–Crippen LogP) is 4.90. The minimum Gasteiger partial charge on any atom is -0.483 e. The molecule has 0 aliphatic carbocycles. The fraction of sp³-hybridized carbons (Fsp3) is 0.200. The molecule has 0 atom stereocenters. The van der Waals surface area contributed by atoms with Gasteiger partial charge in [-0.2, -0.15) is 0 Å². The molecular weight excluding hydrogens is 336 g/mol. The van der Waals surface area contributed by atoms with Crippen LogP contribution >= 0.6 is 11.6 Å². The lowest BCUT2D eigenvalue weighted by molar-refractivity contribution is 0.244. The largest absolute Gasteiger partial charge is 0.483 e. The van der Waals surface area contributed by atoms with Gasteiger partial charge in [-0.3, -0.25) is 0 Å². The molecule has 1 heterocycles. The summed E-state index contributed by atoms with van der Waals surface area (Å²) in [6, 6.07) is 17.9. The normalized spacial score (nSPS) is 10.5. The van der Waals surface area contributed by atoms with Crippen molar-refractivity contribution in [2.45, 2.75) is 27.1 Å². The monoisotopic (exact) mass is 354 g/mol. The Morgan fingerprint density at radius 2 is 1.28 bits per heavy atom. The van der Waals surface area contributed by atoms with E-state index < -0.39 is 0 Å². The van der Waals surface area contributed by atoms with Crippen molar-refractivity contribution in [2.24, 2.45) is 0 Å². The number of hydrogen-bond acceptors (Lipinski definition) is 4. The summed E-state index contributed by atoms with van der Waals surface area (Å²) in [6.45, 7) is 4.89. The van der Waals surface area contributed by atoms with Crippen molar-refractivity contribution < 1.29 is 9.47 Å². The molecule has 5 heteroatoms. The smallest absolute Gasteiger partial charge is 0.276 e. The van der Waals surface area contributed by atoms with E-state index in [1.807, 2.05) is 62.4 Å². The zero-order valence-corrected chi connectivity index (χ0v) is 15.0. The fourth-order valence-electron chi connectivity index (χ4n) is 2.23. The Kier molecular flexibility index (Phi) is 5.51. The summed E-state index contributed by atoms with van der Waals surface area (Å²) in [4.78, 5) is 0. The number of nitrogens with zero attached hydrogens (tertiary/aromatic N) is 2. The molecule has 3 rings (SSSR count). The van der Waals surface area contributed by atoms with Gasteiger partial charge in [0.25, 0.3) is 5.88 Å². The van der Waals surface area contributed by atoms with Crippen LogP contribution in [0, 0.1) is 13.8 Å². The third-order valence-electron chi connectivity index (χ3n) is 3.71. The van der Waals surface area contributed by atoms with Crippen molar-refractivity contribution in [1.29, 1.82) is 0 Å². The van der Waals surface area contributed by atoms with Crippen LogP contribution in [-0.4, -0.2) is 10.2 Å². The number of aromatic nitrogens is 2. The molecule has 128 valence electrons. The molecule has 0 aliphatic rings. The molecule has 0 saturated heterocycles. The van der Waals surface area contributed by atoms with Crippen LogP contribution in [0.2, 0.25) is 5.15 Å². The van der Waals surface area contributed by atoms with Crippen molar-refractivity contribution in [2.75, 3.05) is 0 Å². The van der Waals surface area contributed by atoms with E-state index in [-0.39, 0.29) is 5.15 Å². The summed E-state index contributed by atoms with van der Waals surface area (Å²) in [5.41, 5.74) is 4.52. The topological polar surface area (TPSA) is 44.2 Å². The van der Waals surface area contributed by atoms with Crippen molar-refractivity contribution in [3.8, 4) is 11.6 Å². The minimum absolute atomic E-state index is 0.265. The highest BCUT2D eigenvalue weighted by Crippen LogP contribution is 2.27. The Balaban J connectivity index is 1.69. The number of rotatable bonds is 6. The summed E-state index contributed by atoms with van der Waals surface area (Å²) in [5, 5.41) is 8.12. The number of benzene rings is 2. The number of hydrogen-bond donors (Lipinski definition) is 0. The lowest BCUT2D eigenvalue weighted by Crippen LogP contribution is -2.03. The molecule has 0 aliphatic heterocycles. The van der Waals surface area contributed by atoms with E-state index in [2.05, 4.69) is 10.2 Å². The van der Waals surface area contributed by atoms with Gasteiger partial charge in [0.15, 0.2) is 10.9 Å². The third kappa shape index (κ3) is 4.94. The highest BCUT2D eigenvalue weighted by atomic mass is 35.5. The van der Waals surface area contributed by atoms with Crippen LogP contribution in [0.3, 0.4) is 0 Å². The van der Waals surface area contributed by atoms with Crippen LogP contribution in [0.15, 0.2) is 54.6 Å². The molecule has 0 spiro atoms. The molecule has 0 N–H and O–H groups in total. The van der Waals surface area contributed by atoms with Gasteiger partial charge in [-0.1, -0.05) is 71.3 Å². The first-order valence-corrected chi connectivity index (χ1v) is 8.38. The Morgan fingerprint density at radius 1 is 0.760 bits per heavy atom. The van der Waals surface area contributed by atoms with Gasteiger partial charge in [0.2, 0.25) is 0 Å². The zero-order valence-electron chi connectivity index (χ0n) is 14.2. The second-order valence-corrected chi connectivity index (χ2v) is 6.27. The van der Waals surface area contributed by atoms with Crippen LogP contribution in [0.25, 0.3) is 0 Å². The molecule has 3 aromatic rings. The quantitative estimate of drug-likeness (QED) is 0.631. The zero-order chi connectivity index (χ0) is 17.6. The molecule has 0 radical (unpaired) electrons. The first kappa shape index (κ1) is 17.2. The second kappa shape index (κ2) is 7.99. The highest BCUT2D eigenvalue weighted by molar-refractivity contribution is 6.29. The summed E-state index contributed by atoms with van der Waals surface area (Å²) >= 11 is 5.94. The highest BCUT2D eigenvalue weighted by Gasteiger charge is 2.10. The van der Waals surface area contributed by atoms with Crippen molar-refractivity contribution >= 4 is 11.6 Å². The van der Waals surface area contributed by atoms with Crippen molar-refractivity contribution in [3.05, 3.63) is 82.0 Å². The Labute approximate surface area is 152 Å².